The lowest BCUT2D eigenvalue weighted by atomic mass is 10.0. The molecule has 0 radical (unpaired) electrons. The number of hydrogen-bond acceptors (Lipinski definition) is 6. The van der Waals surface area contributed by atoms with Gasteiger partial charge in [0.15, 0.2) is 11.2 Å². The van der Waals surface area contributed by atoms with Crippen LogP contribution in [0.5, 0.6) is 0 Å². The standard InChI is InChI=1S/C29H26N8O2/c1-2-25-31-27-26(28(38)35(29(39)32-27)17-16-20-8-4-3-5-9-20)36(25)18-21-12-14-22(15-13-21)23-10-6-7-11-24(23)37-19-30-33-34-37/h3-15,19H,2,16-18H2,1H3,(H,32,39). The normalized spacial score (nSPS) is 11.3. The zero-order chi connectivity index (χ0) is 26.8. The van der Waals surface area contributed by atoms with Crippen molar-refractivity contribution in [2.24, 2.45) is 0 Å². The molecule has 0 unspecified atom stereocenters. The smallest absolute Gasteiger partial charge is 0.318 e. The lowest BCUT2D eigenvalue weighted by molar-refractivity contribution is 0.631. The summed E-state index contributed by atoms with van der Waals surface area (Å²) in [6.07, 6.45) is 2.77. The number of tetrazole rings is 1. The topological polar surface area (TPSA) is 116 Å². The Morgan fingerprint density at radius 3 is 2.36 bits per heavy atom. The van der Waals surface area contributed by atoms with Crippen molar-refractivity contribution in [1.82, 2.24) is 39.3 Å². The zero-order valence-electron chi connectivity index (χ0n) is 21.4. The van der Waals surface area contributed by atoms with Gasteiger partial charge in [-0.15, -0.1) is 5.10 Å². The van der Waals surface area contributed by atoms with Gasteiger partial charge in [0.1, 0.15) is 12.2 Å². The first-order chi connectivity index (χ1) is 19.1. The van der Waals surface area contributed by atoms with Gasteiger partial charge in [-0.25, -0.2) is 9.78 Å². The molecule has 3 heterocycles. The number of imidazole rings is 1. The van der Waals surface area contributed by atoms with E-state index >= 15 is 0 Å². The molecule has 0 saturated carbocycles. The predicted molar refractivity (Wildman–Crippen MR) is 148 cm³/mol. The molecule has 0 spiro atoms. The van der Waals surface area contributed by atoms with Crippen LogP contribution in [-0.4, -0.2) is 39.3 Å². The Hall–Kier alpha value is -5.12. The van der Waals surface area contributed by atoms with E-state index in [0.717, 1.165) is 33.8 Å². The second kappa shape index (κ2) is 10.3. The van der Waals surface area contributed by atoms with Crippen LogP contribution in [0.3, 0.4) is 0 Å². The molecular weight excluding hydrogens is 492 g/mol. The third-order valence-electron chi connectivity index (χ3n) is 6.85. The Labute approximate surface area is 223 Å². The van der Waals surface area contributed by atoms with Crippen molar-refractivity contribution in [2.45, 2.75) is 32.9 Å². The van der Waals surface area contributed by atoms with E-state index in [0.29, 0.717) is 30.6 Å². The van der Waals surface area contributed by atoms with Gasteiger partial charge in [0.05, 0.1) is 5.69 Å². The van der Waals surface area contributed by atoms with Crippen LogP contribution in [0.15, 0.2) is 94.8 Å². The number of para-hydroxylation sites is 1. The summed E-state index contributed by atoms with van der Waals surface area (Å²) in [5.41, 5.74) is 4.93. The Balaban J connectivity index is 1.34. The molecule has 0 fully saturated rings. The average Bonchev–Trinajstić information content (AvgIpc) is 3.62. The molecule has 6 rings (SSSR count). The predicted octanol–water partition coefficient (Wildman–Crippen LogP) is 3.38. The minimum Gasteiger partial charge on any atom is -0.318 e. The highest BCUT2D eigenvalue weighted by molar-refractivity contribution is 5.73. The van der Waals surface area contributed by atoms with Crippen LogP contribution >= 0.6 is 0 Å². The SMILES string of the molecule is CCc1nc2[nH]c(=O)n(CCc3ccccc3)c(=O)c2n1Cc1ccc(-c2ccccc2-n2cnnn2)cc1. The first-order valence-electron chi connectivity index (χ1n) is 12.8. The van der Waals surface area contributed by atoms with Gasteiger partial charge in [-0.1, -0.05) is 79.7 Å². The second-order valence-corrected chi connectivity index (χ2v) is 9.26. The molecule has 10 nitrogen and oxygen atoms in total. The summed E-state index contributed by atoms with van der Waals surface area (Å²) in [6, 6.07) is 25.9. The van der Waals surface area contributed by atoms with Crippen LogP contribution in [0.1, 0.15) is 23.9 Å². The molecule has 6 aromatic rings. The Morgan fingerprint density at radius 1 is 0.846 bits per heavy atom. The van der Waals surface area contributed by atoms with Crippen LogP contribution in [-0.2, 0) is 25.9 Å². The average molecular weight is 519 g/mol. The molecule has 3 aromatic carbocycles. The molecule has 0 saturated heterocycles. The molecule has 1 N–H and O–H groups in total. The van der Waals surface area contributed by atoms with Gasteiger partial charge >= 0.3 is 5.69 Å². The Bertz CT molecular complexity index is 1850. The molecule has 10 heteroatoms. The van der Waals surface area contributed by atoms with Crippen molar-refractivity contribution in [3.8, 4) is 16.8 Å². The largest absolute Gasteiger partial charge is 0.330 e. The molecule has 0 amide bonds. The lowest BCUT2D eigenvalue weighted by Crippen LogP contribution is -2.36. The maximum Gasteiger partial charge on any atom is 0.330 e. The van der Waals surface area contributed by atoms with Gasteiger partial charge < -0.3 is 4.57 Å². The maximum absolute atomic E-state index is 13.6. The van der Waals surface area contributed by atoms with Crippen molar-refractivity contribution in [2.75, 3.05) is 0 Å². The number of aromatic amines is 1. The minimum absolute atomic E-state index is 0.288. The summed E-state index contributed by atoms with van der Waals surface area (Å²) in [5.74, 6) is 0.742. The molecule has 194 valence electrons. The molecule has 0 aliphatic carbocycles. The van der Waals surface area contributed by atoms with Crippen LogP contribution in [0.25, 0.3) is 28.0 Å². The van der Waals surface area contributed by atoms with E-state index in [1.165, 1.54) is 4.57 Å². The zero-order valence-corrected chi connectivity index (χ0v) is 21.4. The maximum atomic E-state index is 13.6. The van der Waals surface area contributed by atoms with E-state index in [1.54, 1.807) is 11.0 Å². The fourth-order valence-electron chi connectivity index (χ4n) is 4.88. The fourth-order valence-corrected chi connectivity index (χ4v) is 4.88. The number of fused-ring (bicyclic) bond motifs is 1. The highest BCUT2D eigenvalue weighted by Gasteiger charge is 2.18. The third-order valence-corrected chi connectivity index (χ3v) is 6.85. The summed E-state index contributed by atoms with van der Waals surface area (Å²) in [7, 11) is 0. The number of aromatic nitrogens is 8. The number of rotatable bonds is 8. The number of benzene rings is 3. The fraction of sp³-hybridized carbons (Fsp3) is 0.172. The van der Waals surface area contributed by atoms with Crippen LogP contribution in [0, 0.1) is 0 Å². The summed E-state index contributed by atoms with van der Waals surface area (Å²) >= 11 is 0. The first-order valence-corrected chi connectivity index (χ1v) is 12.8. The van der Waals surface area contributed by atoms with Crippen molar-refractivity contribution >= 4 is 11.2 Å². The number of hydrogen-bond donors (Lipinski definition) is 1. The van der Waals surface area contributed by atoms with E-state index < -0.39 is 5.69 Å². The van der Waals surface area contributed by atoms with Crippen LogP contribution in [0.2, 0.25) is 0 Å². The first kappa shape index (κ1) is 24.2. The number of aryl methyl sites for hydroxylation is 2. The van der Waals surface area contributed by atoms with Crippen LogP contribution in [0.4, 0.5) is 0 Å². The van der Waals surface area contributed by atoms with Crippen molar-refractivity contribution in [3.05, 3.63) is 123 Å². The lowest BCUT2D eigenvalue weighted by Gasteiger charge is -2.12. The van der Waals surface area contributed by atoms with Gasteiger partial charge in [-0.2, -0.15) is 4.68 Å². The summed E-state index contributed by atoms with van der Waals surface area (Å²) in [6.45, 7) is 2.73. The van der Waals surface area contributed by atoms with Crippen molar-refractivity contribution < 1.29 is 0 Å². The number of nitrogens with zero attached hydrogens (tertiary/aromatic N) is 7. The van der Waals surface area contributed by atoms with Gasteiger partial charge in [0.2, 0.25) is 0 Å². The summed E-state index contributed by atoms with van der Waals surface area (Å²) < 4.78 is 4.82. The molecular formula is C29H26N8O2. The molecule has 0 bridgehead atoms. The van der Waals surface area contributed by atoms with Crippen molar-refractivity contribution in [3.63, 3.8) is 0 Å². The highest BCUT2D eigenvalue weighted by Crippen LogP contribution is 2.26. The molecule has 0 atom stereocenters. The van der Waals surface area contributed by atoms with E-state index in [4.69, 9.17) is 0 Å². The molecule has 3 aromatic heterocycles. The van der Waals surface area contributed by atoms with E-state index in [9.17, 15) is 9.59 Å². The second-order valence-electron chi connectivity index (χ2n) is 9.26. The highest BCUT2D eigenvalue weighted by atomic mass is 16.2. The van der Waals surface area contributed by atoms with Gasteiger partial charge in [-0.3, -0.25) is 14.3 Å². The number of nitrogens with one attached hydrogen (secondary N) is 1. The Kier molecular flexibility index (Phi) is 6.42. The monoisotopic (exact) mass is 518 g/mol. The molecule has 0 aliphatic rings. The molecule has 0 aliphatic heterocycles. The number of H-pyrrole nitrogens is 1. The van der Waals surface area contributed by atoms with Gasteiger partial charge in [-0.05, 0) is 39.6 Å². The summed E-state index contributed by atoms with van der Waals surface area (Å²) in [4.78, 5) is 33.7. The minimum atomic E-state index is -0.443. The van der Waals surface area contributed by atoms with Crippen molar-refractivity contribution in [1.29, 1.82) is 0 Å². The van der Waals surface area contributed by atoms with Crippen LogP contribution < -0.4 is 11.2 Å². The third kappa shape index (κ3) is 4.68. The summed E-state index contributed by atoms with van der Waals surface area (Å²) in [5, 5.41) is 11.5. The Morgan fingerprint density at radius 2 is 1.62 bits per heavy atom. The van der Waals surface area contributed by atoms with Gasteiger partial charge in [0, 0.05) is 25.1 Å². The molecule has 39 heavy (non-hydrogen) atoms. The van der Waals surface area contributed by atoms with E-state index in [2.05, 4.69) is 25.5 Å². The van der Waals surface area contributed by atoms with E-state index in [-0.39, 0.29) is 12.1 Å². The quantitative estimate of drug-likeness (QED) is 0.330. The van der Waals surface area contributed by atoms with E-state index in [1.807, 2.05) is 90.4 Å². The van der Waals surface area contributed by atoms with Gasteiger partial charge in [0.25, 0.3) is 5.56 Å².